The van der Waals surface area contributed by atoms with Crippen LogP contribution in [0.2, 0.25) is 0 Å². The molecule has 0 aliphatic heterocycles. The second kappa shape index (κ2) is 4.55. The van der Waals surface area contributed by atoms with Crippen LogP contribution in [-0.4, -0.2) is 25.3 Å². The Kier molecular flexibility index (Phi) is 3.20. The molecule has 0 aromatic rings. The molecule has 1 N–H and O–H groups in total. The minimum Gasteiger partial charge on any atom is -0.377 e. The fraction of sp³-hybridized carbons (Fsp3) is 1.00. The summed E-state index contributed by atoms with van der Waals surface area (Å²) in [6.45, 7) is 8.50. The molecule has 3 aliphatic rings. The van der Waals surface area contributed by atoms with Crippen LogP contribution < -0.4 is 5.32 Å². The zero-order valence-electron chi connectivity index (χ0n) is 11.5. The van der Waals surface area contributed by atoms with Crippen LogP contribution in [0.5, 0.6) is 0 Å². The van der Waals surface area contributed by atoms with E-state index in [1.54, 1.807) is 6.42 Å². The highest BCUT2D eigenvalue weighted by Crippen LogP contribution is 2.70. The first kappa shape index (κ1) is 12.0. The zero-order chi connectivity index (χ0) is 12.0. The number of fused-ring (bicyclic) bond motifs is 5. The smallest absolute Gasteiger partial charge is 0.0626 e. The predicted molar refractivity (Wildman–Crippen MR) is 69.9 cm³/mol. The molecule has 2 heteroatoms. The van der Waals surface area contributed by atoms with Crippen molar-refractivity contribution >= 4 is 0 Å². The first-order chi connectivity index (χ1) is 8.22. The molecule has 5 unspecified atom stereocenters. The van der Waals surface area contributed by atoms with Crippen molar-refractivity contribution < 1.29 is 4.74 Å². The maximum absolute atomic E-state index is 5.85. The minimum atomic E-state index is 0.367. The van der Waals surface area contributed by atoms with Gasteiger partial charge in [-0.05, 0) is 69.2 Å². The number of nitrogens with one attached hydrogen (secondary N) is 1. The summed E-state index contributed by atoms with van der Waals surface area (Å²) in [6, 6.07) is 0.626. The summed E-state index contributed by atoms with van der Waals surface area (Å²) in [7, 11) is 0. The average Bonchev–Trinajstić information content (AvgIpc) is 2.73. The fourth-order valence-electron chi connectivity index (χ4n) is 4.79. The molecule has 3 aliphatic carbocycles. The third kappa shape index (κ3) is 2.04. The number of likely N-dealkylation sites (N-methyl/N-ethyl adjacent to an activating group) is 1. The van der Waals surface area contributed by atoms with Gasteiger partial charge < -0.3 is 10.1 Å². The first-order valence-electron chi connectivity index (χ1n) is 7.57. The van der Waals surface area contributed by atoms with E-state index in [-0.39, 0.29) is 0 Å². The molecular formula is C15H27NO. The Bertz CT molecular complexity index is 262. The lowest BCUT2D eigenvalue weighted by atomic mass is 9.97. The van der Waals surface area contributed by atoms with Crippen LogP contribution in [0.25, 0.3) is 0 Å². The van der Waals surface area contributed by atoms with Gasteiger partial charge in [0.2, 0.25) is 0 Å². The van der Waals surface area contributed by atoms with Crippen LogP contribution in [0.4, 0.5) is 0 Å². The molecule has 2 bridgehead atoms. The molecule has 0 amide bonds. The molecule has 0 aromatic heterocycles. The monoisotopic (exact) mass is 237 g/mol. The van der Waals surface area contributed by atoms with E-state index in [2.05, 4.69) is 26.1 Å². The summed E-state index contributed by atoms with van der Waals surface area (Å²) >= 11 is 0. The van der Waals surface area contributed by atoms with Crippen molar-refractivity contribution in [1.29, 1.82) is 0 Å². The van der Waals surface area contributed by atoms with Crippen molar-refractivity contribution in [3.63, 3.8) is 0 Å². The van der Waals surface area contributed by atoms with Crippen LogP contribution in [0.15, 0.2) is 0 Å². The van der Waals surface area contributed by atoms with E-state index < -0.39 is 0 Å². The van der Waals surface area contributed by atoms with Crippen molar-refractivity contribution in [2.75, 3.05) is 13.2 Å². The van der Waals surface area contributed by atoms with E-state index in [0.29, 0.717) is 12.1 Å². The fourth-order valence-corrected chi connectivity index (χ4v) is 4.79. The van der Waals surface area contributed by atoms with Gasteiger partial charge in [-0.25, -0.2) is 0 Å². The Balaban J connectivity index is 1.58. The summed E-state index contributed by atoms with van der Waals surface area (Å²) in [6.07, 6.45) is 4.96. The molecule has 98 valence electrons. The van der Waals surface area contributed by atoms with Gasteiger partial charge in [-0.2, -0.15) is 0 Å². The Hall–Kier alpha value is -0.0800. The summed E-state index contributed by atoms with van der Waals surface area (Å²) in [4.78, 5) is 0. The summed E-state index contributed by atoms with van der Waals surface area (Å²) in [5.74, 6) is 5.23. The van der Waals surface area contributed by atoms with Crippen molar-refractivity contribution in [3.8, 4) is 0 Å². The molecule has 0 aromatic carbocycles. The highest BCUT2D eigenvalue weighted by atomic mass is 16.5. The minimum absolute atomic E-state index is 0.367. The molecule has 0 saturated heterocycles. The topological polar surface area (TPSA) is 21.3 Å². The Morgan fingerprint density at radius 3 is 2.35 bits per heavy atom. The normalized spacial score (nSPS) is 44.1. The van der Waals surface area contributed by atoms with Gasteiger partial charge in [0.15, 0.2) is 0 Å². The summed E-state index contributed by atoms with van der Waals surface area (Å²) in [5.41, 5.74) is 0. The van der Waals surface area contributed by atoms with E-state index in [1.165, 1.54) is 12.8 Å². The molecular weight excluding hydrogens is 210 g/mol. The Labute approximate surface area is 105 Å². The summed E-state index contributed by atoms with van der Waals surface area (Å²) < 4.78 is 5.85. The maximum Gasteiger partial charge on any atom is 0.0626 e. The molecule has 17 heavy (non-hydrogen) atoms. The molecule has 0 spiro atoms. The van der Waals surface area contributed by atoms with Crippen LogP contribution in [0, 0.1) is 29.6 Å². The average molecular weight is 237 g/mol. The molecule has 2 nitrogen and oxygen atoms in total. The van der Waals surface area contributed by atoms with Crippen molar-refractivity contribution in [2.24, 2.45) is 29.6 Å². The highest BCUT2D eigenvalue weighted by molar-refractivity contribution is 5.15. The van der Waals surface area contributed by atoms with E-state index in [4.69, 9.17) is 4.74 Å². The first-order valence-corrected chi connectivity index (χ1v) is 7.57. The SMILES string of the molecule is CCNC(COC(C)C)C1C2C3CCC(C3)C21. The van der Waals surface area contributed by atoms with E-state index in [0.717, 1.165) is 42.7 Å². The van der Waals surface area contributed by atoms with Gasteiger partial charge in [-0.3, -0.25) is 0 Å². The lowest BCUT2D eigenvalue weighted by Crippen LogP contribution is -2.38. The molecule has 0 heterocycles. The lowest BCUT2D eigenvalue weighted by molar-refractivity contribution is 0.0533. The van der Waals surface area contributed by atoms with Gasteiger partial charge in [-0.1, -0.05) is 6.92 Å². The number of hydrogen-bond acceptors (Lipinski definition) is 2. The quantitative estimate of drug-likeness (QED) is 0.767. The van der Waals surface area contributed by atoms with Crippen LogP contribution in [0.1, 0.15) is 40.0 Å². The number of hydrogen-bond donors (Lipinski definition) is 1. The third-order valence-corrected chi connectivity index (χ3v) is 5.33. The molecule has 3 rings (SSSR count). The number of ether oxygens (including phenoxy) is 1. The lowest BCUT2D eigenvalue weighted by Gasteiger charge is -2.22. The van der Waals surface area contributed by atoms with Crippen molar-refractivity contribution in [3.05, 3.63) is 0 Å². The van der Waals surface area contributed by atoms with Gasteiger partial charge >= 0.3 is 0 Å². The van der Waals surface area contributed by atoms with Gasteiger partial charge in [0, 0.05) is 6.04 Å². The van der Waals surface area contributed by atoms with Gasteiger partial charge in [0.1, 0.15) is 0 Å². The molecule has 3 saturated carbocycles. The number of rotatable bonds is 6. The van der Waals surface area contributed by atoms with Gasteiger partial charge in [-0.15, -0.1) is 0 Å². The maximum atomic E-state index is 5.85. The molecule has 0 radical (unpaired) electrons. The largest absolute Gasteiger partial charge is 0.377 e. The zero-order valence-corrected chi connectivity index (χ0v) is 11.5. The van der Waals surface area contributed by atoms with Crippen LogP contribution in [0.3, 0.4) is 0 Å². The van der Waals surface area contributed by atoms with E-state index in [1.807, 2.05) is 0 Å². The molecule has 5 atom stereocenters. The standard InChI is InChI=1S/C15H27NO/c1-4-16-12(8-17-9(2)3)15-13-10-5-6-11(7-10)14(13)15/h9-16H,4-8H2,1-3H3. The van der Waals surface area contributed by atoms with E-state index in [9.17, 15) is 0 Å². The Morgan fingerprint density at radius 2 is 1.82 bits per heavy atom. The third-order valence-electron chi connectivity index (χ3n) is 5.33. The van der Waals surface area contributed by atoms with Gasteiger partial charge in [0.05, 0.1) is 12.7 Å². The second-order valence-corrected chi connectivity index (χ2v) is 6.61. The van der Waals surface area contributed by atoms with E-state index >= 15 is 0 Å². The summed E-state index contributed by atoms with van der Waals surface area (Å²) in [5, 5.41) is 3.67. The van der Waals surface area contributed by atoms with Crippen LogP contribution in [-0.2, 0) is 4.74 Å². The van der Waals surface area contributed by atoms with Crippen molar-refractivity contribution in [2.45, 2.75) is 52.2 Å². The van der Waals surface area contributed by atoms with Crippen LogP contribution >= 0.6 is 0 Å². The van der Waals surface area contributed by atoms with Gasteiger partial charge in [0.25, 0.3) is 0 Å². The van der Waals surface area contributed by atoms with Crippen molar-refractivity contribution in [1.82, 2.24) is 5.32 Å². The molecule has 3 fully saturated rings. The highest BCUT2D eigenvalue weighted by Gasteiger charge is 2.66. The predicted octanol–water partition coefficient (Wildman–Crippen LogP) is 2.68. The Morgan fingerprint density at radius 1 is 1.18 bits per heavy atom. The second-order valence-electron chi connectivity index (χ2n) is 6.61.